The summed E-state index contributed by atoms with van der Waals surface area (Å²) in [6, 6.07) is 11.8. The Morgan fingerprint density at radius 1 is 1.15 bits per heavy atom. The molecule has 2 aromatic carbocycles. The number of halogens is 3. The van der Waals surface area contributed by atoms with Crippen LogP contribution < -0.4 is 10.9 Å². The number of anilines is 1. The monoisotopic (exact) mass is 456 g/mol. The second-order valence-electron chi connectivity index (χ2n) is 7.59. The molecule has 0 aliphatic carbocycles. The highest BCUT2D eigenvalue weighted by Crippen LogP contribution is 2.30. The Morgan fingerprint density at radius 2 is 1.97 bits per heavy atom. The van der Waals surface area contributed by atoms with Crippen LogP contribution in [0.15, 0.2) is 57.8 Å². The summed E-state index contributed by atoms with van der Waals surface area (Å²) < 4.78 is 43.5. The van der Waals surface area contributed by atoms with Crippen LogP contribution in [0.3, 0.4) is 0 Å². The van der Waals surface area contributed by atoms with E-state index in [1.807, 2.05) is 25.1 Å². The lowest BCUT2D eigenvalue weighted by Crippen LogP contribution is -2.13. The summed E-state index contributed by atoms with van der Waals surface area (Å²) >= 11 is 0. The van der Waals surface area contributed by atoms with E-state index < -0.39 is 17.6 Å². The lowest BCUT2D eigenvalue weighted by molar-refractivity contribution is -0.137. The first-order valence-electron chi connectivity index (χ1n) is 10.1. The Labute approximate surface area is 185 Å². The molecule has 170 valence electrons. The summed E-state index contributed by atoms with van der Waals surface area (Å²) in [4.78, 5) is 31.5. The fourth-order valence-electron chi connectivity index (χ4n) is 3.35. The van der Waals surface area contributed by atoms with Crippen molar-refractivity contribution in [2.24, 2.45) is 0 Å². The van der Waals surface area contributed by atoms with Gasteiger partial charge in [0.15, 0.2) is 0 Å². The maximum atomic E-state index is 12.8. The number of fused-ring (bicyclic) bond motifs is 1. The topological polar surface area (TPSA) is 101 Å². The van der Waals surface area contributed by atoms with Gasteiger partial charge in [-0.2, -0.15) is 18.2 Å². The third kappa shape index (κ3) is 5.28. The predicted octanol–water partition coefficient (Wildman–Crippen LogP) is 4.87. The second kappa shape index (κ2) is 8.89. The van der Waals surface area contributed by atoms with Crippen LogP contribution in [0.4, 0.5) is 18.9 Å². The molecule has 10 heteroatoms. The Bertz CT molecular complexity index is 1380. The molecule has 2 heterocycles. The van der Waals surface area contributed by atoms with Crippen molar-refractivity contribution < 1.29 is 22.5 Å². The number of benzene rings is 2. The van der Waals surface area contributed by atoms with Crippen LogP contribution in [0.1, 0.15) is 29.9 Å². The van der Waals surface area contributed by atoms with Gasteiger partial charge in [-0.1, -0.05) is 22.9 Å². The van der Waals surface area contributed by atoms with Crippen LogP contribution in [0, 0.1) is 6.92 Å². The van der Waals surface area contributed by atoms with Crippen LogP contribution in [-0.4, -0.2) is 21.0 Å². The molecular weight excluding hydrogens is 437 g/mol. The SMILES string of the molecule is Cc1ccc2[nH]c(=O)c(-c3noc(CCCC(=O)Nc4cccc(C(F)(F)F)c4)n3)cc2c1. The highest BCUT2D eigenvalue weighted by atomic mass is 19.4. The summed E-state index contributed by atoms with van der Waals surface area (Å²) in [5, 5.41) is 7.15. The number of hydrogen-bond donors (Lipinski definition) is 2. The van der Waals surface area contributed by atoms with Crippen LogP contribution in [0.2, 0.25) is 0 Å². The molecule has 4 rings (SSSR count). The number of pyridine rings is 1. The van der Waals surface area contributed by atoms with Crippen LogP contribution in [0.25, 0.3) is 22.3 Å². The zero-order chi connectivity index (χ0) is 23.6. The zero-order valence-electron chi connectivity index (χ0n) is 17.5. The molecule has 2 N–H and O–H groups in total. The molecule has 0 unspecified atom stereocenters. The van der Waals surface area contributed by atoms with Gasteiger partial charge in [0.2, 0.25) is 17.6 Å². The van der Waals surface area contributed by atoms with Gasteiger partial charge >= 0.3 is 6.18 Å². The highest BCUT2D eigenvalue weighted by Gasteiger charge is 2.30. The quantitative estimate of drug-likeness (QED) is 0.431. The molecule has 0 saturated carbocycles. The summed E-state index contributed by atoms with van der Waals surface area (Å²) in [6.07, 6.45) is -3.83. The van der Waals surface area contributed by atoms with Crippen molar-refractivity contribution >= 4 is 22.5 Å². The van der Waals surface area contributed by atoms with Gasteiger partial charge in [0.05, 0.1) is 11.1 Å². The van der Waals surface area contributed by atoms with Crippen molar-refractivity contribution in [1.29, 1.82) is 0 Å². The Hall–Kier alpha value is -3.95. The van der Waals surface area contributed by atoms with Gasteiger partial charge in [-0.15, -0.1) is 0 Å². The van der Waals surface area contributed by atoms with E-state index >= 15 is 0 Å². The number of aromatic amines is 1. The van der Waals surface area contributed by atoms with Crippen LogP contribution in [-0.2, 0) is 17.4 Å². The molecule has 1 amide bonds. The summed E-state index contributed by atoms with van der Waals surface area (Å²) in [6.45, 7) is 1.94. The van der Waals surface area contributed by atoms with Gasteiger partial charge in [-0.3, -0.25) is 9.59 Å². The van der Waals surface area contributed by atoms with Crippen molar-refractivity contribution in [2.45, 2.75) is 32.4 Å². The Kier molecular flexibility index (Phi) is 5.99. The van der Waals surface area contributed by atoms with E-state index in [0.29, 0.717) is 11.9 Å². The number of rotatable bonds is 6. The molecule has 33 heavy (non-hydrogen) atoms. The normalized spacial score (nSPS) is 11.6. The molecule has 0 aliphatic heterocycles. The second-order valence-corrected chi connectivity index (χ2v) is 7.59. The first-order chi connectivity index (χ1) is 15.7. The fraction of sp³-hybridized carbons (Fsp3) is 0.217. The molecule has 0 saturated heterocycles. The van der Waals surface area contributed by atoms with Gasteiger partial charge in [-0.25, -0.2) is 0 Å². The van der Waals surface area contributed by atoms with E-state index in [2.05, 4.69) is 20.4 Å². The maximum absolute atomic E-state index is 12.8. The number of H-pyrrole nitrogens is 1. The smallest absolute Gasteiger partial charge is 0.339 e. The average molecular weight is 456 g/mol. The number of alkyl halides is 3. The molecule has 4 aromatic rings. The van der Waals surface area contributed by atoms with Gasteiger partial charge in [0.1, 0.15) is 0 Å². The third-order valence-corrected chi connectivity index (χ3v) is 4.98. The lowest BCUT2D eigenvalue weighted by Gasteiger charge is -2.09. The lowest BCUT2D eigenvalue weighted by atomic mass is 10.1. The predicted molar refractivity (Wildman–Crippen MR) is 116 cm³/mol. The van der Waals surface area contributed by atoms with E-state index in [4.69, 9.17) is 4.52 Å². The number of aromatic nitrogens is 3. The first kappa shape index (κ1) is 22.3. The average Bonchev–Trinajstić information content (AvgIpc) is 3.22. The van der Waals surface area contributed by atoms with Crippen molar-refractivity contribution in [3.05, 3.63) is 75.9 Å². The summed E-state index contributed by atoms with van der Waals surface area (Å²) in [5.74, 6) is -0.0425. The molecule has 0 spiro atoms. The highest BCUT2D eigenvalue weighted by molar-refractivity contribution is 5.90. The minimum atomic E-state index is -4.48. The first-order valence-corrected chi connectivity index (χ1v) is 10.1. The third-order valence-electron chi connectivity index (χ3n) is 4.98. The van der Waals surface area contributed by atoms with Crippen molar-refractivity contribution in [3.63, 3.8) is 0 Å². The Balaban J connectivity index is 1.37. The van der Waals surface area contributed by atoms with Crippen LogP contribution >= 0.6 is 0 Å². The van der Waals surface area contributed by atoms with E-state index in [9.17, 15) is 22.8 Å². The molecule has 0 atom stereocenters. The van der Waals surface area contributed by atoms with Gasteiger partial charge in [0, 0.05) is 24.0 Å². The minimum absolute atomic E-state index is 0.0454. The number of amides is 1. The van der Waals surface area contributed by atoms with Crippen LogP contribution in [0.5, 0.6) is 0 Å². The molecule has 7 nitrogen and oxygen atoms in total. The van der Waals surface area contributed by atoms with Gasteiger partial charge < -0.3 is 14.8 Å². The molecule has 0 aliphatic rings. The van der Waals surface area contributed by atoms with E-state index in [1.54, 1.807) is 6.07 Å². The number of carbonyl (C=O) groups is 1. The maximum Gasteiger partial charge on any atom is 0.416 e. The molecule has 0 radical (unpaired) electrons. The Morgan fingerprint density at radius 3 is 2.76 bits per heavy atom. The standard InChI is InChI=1S/C23H19F3N4O3/c1-13-8-9-18-14(10-13)11-17(22(32)28-18)21-29-20(33-30-21)7-3-6-19(31)27-16-5-2-4-15(12-16)23(24,25)26/h2,4-5,8-12H,3,6-7H2,1H3,(H,27,31)(H,28,32). The molecule has 2 aromatic heterocycles. The zero-order valence-corrected chi connectivity index (χ0v) is 17.5. The number of carbonyl (C=O) groups excluding carboxylic acids is 1. The molecular formula is C23H19F3N4O3. The van der Waals surface area contributed by atoms with E-state index in [1.165, 1.54) is 12.1 Å². The van der Waals surface area contributed by atoms with E-state index in [0.717, 1.165) is 23.1 Å². The molecule has 0 bridgehead atoms. The van der Waals surface area contributed by atoms with Crippen molar-refractivity contribution in [3.8, 4) is 11.4 Å². The summed E-state index contributed by atoms with van der Waals surface area (Å²) in [7, 11) is 0. The number of aryl methyl sites for hydroxylation is 2. The molecule has 0 fully saturated rings. The number of nitrogens with one attached hydrogen (secondary N) is 2. The van der Waals surface area contributed by atoms with E-state index in [-0.39, 0.29) is 41.4 Å². The number of hydrogen-bond acceptors (Lipinski definition) is 5. The van der Waals surface area contributed by atoms with Gasteiger partial charge in [0.25, 0.3) is 5.56 Å². The summed E-state index contributed by atoms with van der Waals surface area (Å²) in [5.41, 5.74) is 0.894. The van der Waals surface area contributed by atoms with Crippen molar-refractivity contribution in [2.75, 3.05) is 5.32 Å². The largest absolute Gasteiger partial charge is 0.416 e. The fourth-order valence-corrected chi connectivity index (χ4v) is 3.35. The van der Waals surface area contributed by atoms with Gasteiger partial charge in [-0.05, 0) is 55.1 Å². The van der Waals surface area contributed by atoms with Crippen molar-refractivity contribution in [1.82, 2.24) is 15.1 Å². The number of nitrogens with zero attached hydrogens (tertiary/aromatic N) is 2. The minimum Gasteiger partial charge on any atom is -0.339 e.